The van der Waals surface area contributed by atoms with Gasteiger partial charge in [0.25, 0.3) is 0 Å². The molecule has 0 aromatic heterocycles. The topological polar surface area (TPSA) is 63.7 Å². The molecule has 5 nitrogen and oxygen atoms in total. The second-order valence-electron chi connectivity index (χ2n) is 5.07. The molecule has 1 aliphatic rings. The van der Waals surface area contributed by atoms with Crippen molar-refractivity contribution in [2.45, 2.75) is 12.8 Å². The lowest BCUT2D eigenvalue weighted by molar-refractivity contribution is -0.146. The van der Waals surface area contributed by atoms with Crippen LogP contribution in [0.1, 0.15) is 18.4 Å². The van der Waals surface area contributed by atoms with Gasteiger partial charge in [0.2, 0.25) is 10.0 Å². The van der Waals surface area contributed by atoms with Crippen molar-refractivity contribution in [1.29, 1.82) is 0 Å². The first kappa shape index (κ1) is 17.0. The number of halogens is 1. The smallest absolute Gasteiger partial charge is 0.308 e. The molecule has 0 atom stereocenters. The number of sulfonamides is 1. The lowest BCUT2D eigenvalue weighted by atomic mass is 9.99. The van der Waals surface area contributed by atoms with Crippen molar-refractivity contribution in [1.82, 2.24) is 4.31 Å². The highest BCUT2D eigenvalue weighted by atomic mass is 35.5. The Labute approximate surface area is 135 Å². The van der Waals surface area contributed by atoms with Crippen LogP contribution in [0.3, 0.4) is 0 Å². The van der Waals surface area contributed by atoms with Crippen molar-refractivity contribution in [2.24, 2.45) is 5.92 Å². The third kappa shape index (κ3) is 4.09. The number of rotatable bonds is 4. The molecule has 7 heteroatoms. The van der Waals surface area contributed by atoms with E-state index in [1.807, 2.05) is 0 Å². The van der Waals surface area contributed by atoms with Crippen molar-refractivity contribution >= 4 is 33.7 Å². The molecule has 1 aliphatic heterocycles. The predicted molar refractivity (Wildman–Crippen MR) is 85.7 cm³/mol. The molecular formula is C15H18ClNO4S. The molecule has 120 valence electrons. The second-order valence-corrected chi connectivity index (χ2v) is 7.29. The first-order valence-electron chi connectivity index (χ1n) is 6.94. The lowest BCUT2D eigenvalue weighted by Gasteiger charge is -2.28. The Morgan fingerprint density at radius 1 is 1.32 bits per heavy atom. The fourth-order valence-corrected chi connectivity index (χ4v) is 3.78. The third-order valence-electron chi connectivity index (χ3n) is 3.67. The molecule has 1 aromatic carbocycles. The maximum absolute atomic E-state index is 12.3. The molecule has 0 aliphatic carbocycles. The predicted octanol–water partition coefficient (Wildman–Crippen LogP) is 2.53. The summed E-state index contributed by atoms with van der Waals surface area (Å²) in [6.45, 7) is 0.629. The second kappa shape index (κ2) is 7.26. The number of hydrogen-bond acceptors (Lipinski definition) is 4. The molecule has 0 radical (unpaired) electrons. The fraction of sp³-hybridized carbons (Fsp3) is 0.400. The number of ether oxygens (including phenoxy) is 1. The molecule has 0 spiro atoms. The van der Waals surface area contributed by atoms with E-state index >= 15 is 0 Å². The van der Waals surface area contributed by atoms with Crippen LogP contribution in [-0.4, -0.2) is 38.9 Å². The number of methoxy groups -OCH3 is 1. The summed E-state index contributed by atoms with van der Waals surface area (Å²) >= 11 is 6.00. The monoisotopic (exact) mass is 343 g/mol. The molecule has 0 saturated carbocycles. The van der Waals surface area contributed by atoms with Gasteiger partial charge in [0.1, 0.15) is 0 Å². The Morgan fingerprint density at radius 3 is 2.55 bits per heavy atom. The highest BCUT2D eigenvalue weighted by Gasteiger charge is 2.30. The summed E-state index contributed by atoms with van der Waals surface area (Å²) in [6, 6.07) is 7.03. The van der Waals surface area contributed by atoms with Crippen LogP contribution in [0, 0.1) is 5.92 Å². The van der Waals surface area contributed by atoms with Gasteiger partial charge in [-0.25, -0.2) is 8.42 Å². The first-order valence-corrected chi connectivity index (χ1v) is 8.83. The van der Waals surface area contributed by atoms with E-state index in [1.54, 1.807) is 24.3 Å². The van der Waals surface area contributed by atoms with Gasteiger partial charge in [0.15, 0.2) is 0 Å². The number of esters is 1. The molecule has 2 rings (SSSR count). The molecule has 1 fully saturated rings. The summed E-state index contributed by atoms with van der Waals surface area (Å²) in [6.07, 6.45) is 2.45. The number of carbonyl (C=O) groups excluding carboxylic acids is 1. The Morgan fingerprint density at radius 2 is 1.95 bits per heavy atom. The van der Waals surface area contributed by atoms with E-state index in [0.29, 0.717) is 36.5 Å². The van der Waals surface area contributed by atoms with E-state index in [1.165, 1.54) is 17.5 Å². The SMILES string of the molecule is COC(=O)C1CCN(S(=O)(=O)C=Cc2ccccc2Cl)CC1. The van der Waals surface area contributed by atoms with E-state index in [0.717, 1.165) is 5.41 Å². The number of benzene rings is 1. The maximum atomic E-state index is 12.3. The molecule has 1 heterocycles. The van der Waals surface area contributed by atoms with Gasteiger partial charge in [-0.2, -0.15) is 4.31 Å². The van der Waals surface area contributed by atoms with Gasteiger partial charge in [-0.1, -0.05) is 29.8 Å². The Balaban J connectivity index is 2.03. The van der Waals surface area contributed by atoms with Gasteiger partial charge in [-0.15, -0.1) is 0 Å². The number of hydrogen-bond donors (Lipinski definition) is 0. The minimum Gasteiger partial charge on any atom is -0.469 e. The zero-order valence-corrected chi connectivity index (χ0v) is 13.8. The van der Waals surface area contributed by atoms with E-state index in [9.17, 15) is 13.2 Å². The van der Waals surface area contributed by atoms with Gasteiger partial charge in [0, 0.05) is 23.5 Å². The largest absolute Gasteiger partial charge is 0.469 e. The summed E-state index contributed by atoms with van der Waals surface area (Å²) in [7, 11) is -2.17. The summed E-state index contributed by atoms with van der Waals surface area (Å²) in [5.74, 6) is -0.493. The summed E-state index contributed by atoms with van der Waals surface area (Å²) in [5.41, 5.74) is 0.650. The van der Waals surface area contributed by atoms with Crippen LogP contribution in [-0.2, 0) is 19.6 Å². The van der Waals surface area contributed by atoms with Crippen molar-refractivity contribution in [3.8, 4) is 0 Å². The van der Waals surface area contributed by atoms with E-state index in [4.69, 9.17) is 16.3 Å². The molecule has 0 bridgehead atoms. The van der Waals surface area contributed by atoms with Crippen LogP contribution >= 0.6 is 11.6 Å². The van der Waals surface area contributed by atoms with Gasteiger partial charge in [0.05, 0.1) is 13.0 Å². The number of nitrogens with zero attached hydrogens (tertiary/aromatic N) is 1. The van der Waals surface area contributed by atoms with Gasteiger partial charge in [-0.3, -0.25) is 4.79 Å². The minimum absolute atomic E-state index is 0.219. The van der Waals surface area contributed by atoms with E-state index in [-0.39, 0.29) is 11.9 Å². The fourth-order valence-electron chi connectivity index (χ4n) is 2.37. The molecular weight excluding hydrogens is 326 g/mol. The van der Waals surface area contributed by atoms with Crippen LogP contribution in [0.5, 0.6) is 0 Å². The van der Waals surface area contributed by atoms with Gasteiger partial charge in [-0.05, 0) is 30.5 Å². The van der Waals surface area contributed by atoms with Crippen LogP contribution in [0.25, 0.3) is 6.08 Å². The van der Waals surface area contributed by atoms with Crippen LogP contribution in [0.2, 0.25) is 5.02 Å². The maximum Gasteiger partial charge on any atom is 0.308 e. The van der Waals surface area contributed by atoms with E-state index in [2.05, 4.69) is 0 Å². The Bertz CT molecular complexity index is 664. The highest BCUT2D eigenvalue weighted by molar-refractivity contribution is 7.92. The van der Waals surface area contributed by atoms with Crippen LogP contribution < -0.4 is 0 Å². The lowest BCUT2D eigenvalue weighted by Crippen LogP contribution is -2.39. The average molecular weight is 344 g/mol. The molecule has 1 saturated heterocycles. The molecule has 1 aromatic rings. The molecule has 22 heavy (non-hydrogen) atoms. The van der Waals surface area contributed by atoms with Gasteiger partial charge < -0.3 is 4.74 Å². The number of piperidine rings is 1. The Kier molecular flexibility index (Phi) is 5.61. The molecule has 0 unspecified atom stereocenters. The minimum atomic E-state index is -3.51. The quantitative estimate of drug-likeness (QED) is 0.788. The van der Waals surface area contributed by atoms with Crippen molar-refractivity contribution in [3.63, 3.8) is 0 Å². The summed E-state index contributed by atoms with van der Waals surface area (Å²) < 4.78 is 30.7. The van der Waals surface area contributed by atoms with Crippen molar-refractivity contribution in [2.75, 3.05) is 20.2 Å². The average Bonchev–Trinajstić information content (AvgIpc) is 2.53. The third-order valence-corrected chi connectivity index (χ3v) is 5.58. The van der Waals surface area contributed by atoms with E-state index < -0.39 is 10.0 Å². The van der Waals surface area contributed by atoms with Crippen molar-refractivity contribution in [3.05, 3.63) is 40.3 Å². The summed E-state index contributed by atoms with van der Waals surface area (Å²) in [4.78, 5) is 11.5. The van der Waals surface area contributed by atoms with Crippen LogP contribution in [0.15, 0.2) is 29.7 Å². The molecule has 0 amide bonds. The first-order chi connectivity index (χ1) is 10.4. The highest BCUT2D eigenvalue weighted by Crippen LogP contribution is 2.22. The zero-order chi connectivity index (χ0) is 16.2. The summed E-state index contributed by atoms with van der Waals surface area (Å²) in [5, 5.41) is 1.66. The zero-order valence-electron chi connectivity index (χ0n) is 12.2. The molecule has 0 N–H and O–H groups in total. The van der Waals surface area contributed by atoms with Crippen LogP contribution in [0.4, 0.5) is 0 Å². The number of carbonyl (C=O) groups is 1. The van der Waals surface area contributed by atoms with Crippen molar-refractivity contribution < 1.29 is 17.9 Å². The standard InChI is InChI=1S/C15H18ClNO4S/c1-21-15(18)13-6-9-17(10-7-13)22(19,20)11-8-12-4-2-3-5-14(12)16/h2-5,8,11,13H,6-7,9-10H2,1H3. The Hall–Kier alpha value is -1.37. The van der Waals surface area contributed by atoms with Gasteiger partial charge >= 0.3 is 5.97 Å². The normalized spacial score (nSPS) is 17.7.